The van der Waals surface area contributed by atoms with Gasteiger partial charge in [0.1, 0.15) is 0 Å². The average molecular weight is 507 g/mol. The highest BCUT2D eigenvalue weighted by molar-refractivity contribution is 5.97. The van der Waals surface area contributed by atoms with Crippen LogP contribution in [0.4, 0.5) is 5.82 Å². The summed E-state index contributed by atoms with van der Waals surface area (Å²) in [6, 6.07) is 25.2. The second-order valence-corrected chi connectivity index (χ2v) is 9.29. The molecule has 1 saturated heterocycles. The second kappa shape index (κ2) is 11.7. The standard InChI is InChI=1S/C30H30N6O2/c31-28-27(30(38)35-24-13-7-15-32-18-24)36-26(19-33-28)21-11-6-12-22(16-21)29(37)34-17-23-10-4-5-14-25(23)20-8-2-1-3-9-20/h1-6,8-12,14,16,19,24,32H,7,13,15,17-18H2,(H2,31,33)(H,34,37)(H,35,38). The Kier molecular flexibility index (Phi) is 7.70. The fourth-order valence-electron chi connectivity index (χ4n) is 4.60. The Balaban J connectivity index is 1.31. The van der Waals surface area contributed by atoms with Crippen molar-refractivity contribution in [2.24, 2.45) is 0 Å². The molecule has 5 N–H and O–H groups in total. The monoisotopic (exact) mass is 506 g/mol. The Morgan fingerprint density at radius 3 is 2.55 bits per heavy atom. The summed E-state index contributed by atoms with van der Waals surface area (Å²) < 4.78 is 0. The van der Waals surface area contributed by atoms with Crippen molar-refractivity contribution in [3.63, 3.8) is 0 Å². The predicted molar refractivity (Wildman–Crippen MR) is 148 cm³/mol. The molecule has 2 heterocycles. The number of nitrogens with one attached hydrogen (secondary N) is 3. The van der Waals surface area contributed by atoms with Gasteiger partial charge >= 0.3 is 0 Å². The van der Waals surface area contributed by atoms with Gasteiger partial charge in [-0.2, -0.15) is 0 Å². The lowest BCUT2D eigenvalue weighted by Gasteiger charge is -2.23. The Hall–Kier alpha value is -4.56. The number of carbonyl (C=O) groups is 2. The van der Waals surface area contributed by atoms with Crippen LogP contribution >= 0.6 is 0 Å². The van der Waals surface area contributed by atoms with E-state index in [1.807, 2.05) is 42.5 Å². The minimum atomic E-state index is -0.350. The molecule has 0 aliphatic carbocycles. The van der Waals surface area contributed by atoms with E-state index in [2.05, 4.69) is 44.1 Å². The first-order valence-corrected chi connectivity index (χ1v) is 12.7. The molecule has 1 aliphatic rings. The average Bonchev–Trinajstić information content (AvgIpc) is 2.97. The zero-order chi connectivity index (χ0) is 26.3. The van der Waals surface area contributed by atoms with Gasteiger partial charge in [0.05, 0.1) is 11.9 Å². The fraction of sp³-hybridized carbons (Fsp3) is 0.200. The van der Waals surface area contributed by atoms with Crippen LogP contribution in [0.5, 0.6) is 0 Å². The summed E-state index contributed by atoms with van der Waals surface area (Å²) in [5.74, 6) is -0.488. The number of piperidine rings is 1. The molecule has 1 fully saturated rings. The summed E-state index contributed by atoms with van der Waals surface area (Å²) in [4.78, 5) is 34.6. The number of aromatic nitrogens is 2. The van der Waals surface area contributed by atoms with Crippen molar-refractivity contribution in [2.75, 3.05) is 18.8 Å². The number of benzene rings is 3. The van der Waals surface area contributed by atoms with Crippen molar-refractivity contribution in [2.45, 2.75) is 25.4 Å². The van der Waals surface area contributed by atoms with Crippen molar-refractivity contribution in [3.05, 3.63) is 102 Å². The van der Waals surface area contributed by atoms with Crippen LogP contribution in [0, 0.1) is 0 Å². The lowest BCUT2D eigenvalue weighted by Crippen LogP contribution is -2.46. The lowest BCUT2D eigenvalue weighted by atomic mass is 9.99. The van der Waals surface area contributed by atoms with Gasteiger partial charge in [-0.3, -0.25) is 9.59 Å². The number of hydrogen-bond acceptors (Lipinski definition) is 6. The van der Waals surface area contributed by atoms with Gasteiger partial charge in [0, 0.05) is 30.3 Å². The highest BCUT2D eigenvalue weighted by Gasteiger charge is 2.20. The van der Waals surface area contributed by atoms with Gasteiger partial charge in [-0.25, -0.2) is 9.97 Å². The SMILES string of the molecule is Nc1ncc(-c2cccc(C(=O)NCc3ccccc3-c3ccccc3)c2)nc1C(=O)NC1CCCNC1. The first kappa shape index (κ1) is 25.1. The predicted octanol–water partition coefficient (Wildman–Crippen LogP) is 3.80. The maximum atomic E-state index is 13.1. The molecule has 192 valence electrons. The van der Waals surface area contributed by atoms with Crippen molar-refractivity contribution < 1.29 is 9.59 Å². The van der Waals surface area contributed by atoms with Crippen LogP contribution in [0.2, 0.25) is 0 Å². The van der Waals surface area contributed by atoms with Gasteiger partial charge in [-0.05, 0) is 48.2 Å². The number of nitrogen functional groups attached to an aromatic ring is 1. The molecule has 1 atom stereocenters. The van der Waals surface area contributed by atoms with Gasteiger partial charge in [-0.15, -0.1) is 0 Å². The first-order chi connectivity index (χ1) is 18.6. The Morgan fingerprint density at radius 2 is 1.74 bits per heavy atom. The van der Waals surface area contributed by atoms with Gasteiger partial charge in [-0.1, -0.05) is 66.7 Å². The Morgan fingerprint density at radius 1 is 0.947 bits per heavy atom. The van der Waals surface area contributed by atoms with Crippen molar-refractivity contribution in [1.29, 1.82) is 0 Å². The van der Waals surface area contributed by atoms with Crippen LogP contribution in [0.1, 0.15) is 39.3 Å². The minimum absolute atomic E-state index is 0.0279. The van der Waals surface area contributed by atoms with Crippen molar-refractivity contribution >= 4 is 17.6 Å². The Bertz CT molecular complexity index is 1430. The van der Waals surface area contributed by atoms with Crippen LogP contribution in [-0.2, 0) is 6.54 Å². The van der Waals surface area contributed by atoms with E-state index < -0.39 is 0 Å². The Labute approximate surface area is 221 Å². The third kappa shape index (κ3) is 5.87. The number of carbonyl (C=O) groups excluding carboxylic acids is 2. The quantitative estimate of drug-likeness (QED) is 0.302. The fourth-order valence-corrected chi connectivity index (χ4v) is 4.60. The van der Waals surface area contributed by atoms with Gasteiger partial charge in [0.15, 0.2) is 11.5 Å². The minimum Gasteiger partial charge on any atom is -0.382 e. The molecule has 8 heteroatoms. The molecule has 0 saturated carbocycles. The molecule has 1 aromatic heterocycles. The zero-order valence-electron chi connectivity index (χ0n) is 21.0. The summed E-state index contributed by atoms with van der Waals surface area (Å²) in [6.45, 7) is 2.05. The number of amides is 2. The topological polar surface area (TPSA) is 122 Å². The maximum absolute atomic E-state index is 13.1. The number of rotatable bonds is 7. The molecule has 4 aromatic rings. The second-order valence-electron chi connectivity index (χ2n) is 9.29. The molecule has 38 heavy (non-hydrogen) atoms. The molecule has 2 amide bonds. The van der Waals surface area contributed by atoms with E-state index in [1.165, 1.54) is 6.20 Å². The molecule has 1 unspecified atom stereocenters. The zero-order valence-corrected chi connectivity index (χ0v) is 21.0. The van der Waals surface area contributed by atoms with Crippen LogP contribution < -0.4 is 21.7 Å². The number of anilines is 1. The summed E-state index contributed by atoms with van der Waals surface area (Å²) in [7, 11) is 0. The number of nitrogens with zero attached hydrogens (tertiary/aromatic N) is 2. The first-order valence-electron chi connectivity index (χ1n) is 12.7. The van der Waals surface area contributed by atoms with Crippen LogP contribution in [0.25, 0.3) is 22.4 Å². The molecule has 0 spiro atoms. The third-order valence-electron chi connectivity index (χ3n) is 6.61. The van der Waals surface area contributed by atoms with E-state index in [4.69, 9.17) is 5.73 Å². The highest BCUT2D eigenvalue weighted by atomic mass is 16.2. The van der Waals surface area contributed by atoms with Crippen molar-refractivity contribution in [1.82, 2.24) is 25.9 Å². The molecule has 1 aliphatic heterocycles. The van der Waals surface area contributed by atoms with E-state index in [0.29, 0.717) is 29.9 Å². The number of hydrogen-bond donors (Lipinski definition) is 4. The lowest BCUT2D eigenvalue weighted by molar-refractivity contribution is 0.0923. The van der Waals surface area contributed by atoms with Gasteiger partial charge < -0.3 is 21.7 Å². The van der Waals surface area contributed by atoms with Gasteiger partial charge in [0.25, 0.3) is 11.8 Å². The van der Waals surface area contributed by atoms with E-state index in [-0.39, 0.29) is 29.4 Å². The van der Waals surface area contributed by atoms with E-state index in [1.54, 1.807) is 18.2 Å². The van der Waals surface area contributed by atoms with Crippen molar-refractivity contribution in [3.8, 4) is 22.4 Å². The van der Waals surface area contributed by atoms with E-state index in [0.717, 1.165) is 36.1 Å². The third-order valence-corrected chi connectivity index (χ3v) is 6.61. The smallest absolute Gasteiger partial charge is 0.274 e. The van der Waals surface area contributed by atoms with Gasteiger partial charge in [0.2, 0.25) is 0 Å². The molecule has 8 nitrogen and oxygen atoms in total. The van der Waals surface area contributed by atoms with Crippen LogP contribution in [0.15, 0.2) is 85.1 Å². The molecular weight excluding hydrogens is 476 g/mol. The molecule has 3 aromatic carbocycles. The summed E-state index contributed by atoms with van der Waals surface area (Å²) in [5.41, 5.74) is 10.9. The van der Waals surface area contributed by atoms with E-state index in [9.17, 15) is 9.59 Å². The number of nitrogens with two attached hydrogens (primary N) is 1. The van der Waals surface area contributed by atoms with Crippen LogP contribution in [0.3, 0.4) is 0 Å². The van der Waals surface area contributed by atoms with E-state index >= 15 is 0 Å². The molecule has 0 bridgehead atoms. The summed E-state index contributed by atoms with van der Waals surface area (Å²) in [5, 5.41) is 9.28. The molecule has 0 radical (unpaired) electrons. The van der Waals surface area contributed by atoms with Crippen LogP contribution in [-0.4, -0.2) is 40.9 Å². The largest absolute Gasteiger partial charge is 0.382 e. The summed E-state index contributed by atoms with van der Waals surface area (Å²) >= 11 is 0. The molecule has 5 rings (SSSR count). The summed E-state index contributed by atoms with van der Waals surface area (Å²) in [6.07, 6.45) is 3.42. The molecular formula is C30H30N6O2. The normalized spacial score (nSPS) is 15.0. The highest BCUT2D eigenvalue weighted by Crippen LogP contribution is 2.24. The maximum Gasteiger partial charge on any atom is 0.274 e.